The number of nitriles is 1. The van der Waals surface area contributed by atoms with Gasteiger partial charge in [0.05, 0.1) is 11.6 Å². The van der Waals surface area contributed by atoms with E-state index in [0.29, 0.717) is 23.0 Å². The van der Waals surface area contributed by atoms with Gasteiger partial charge in [0.15, 0.2) is 17.5 Å². The second-order valence-corrected chi connectivity index (χ2v) is 14.7. The quantitative estimate of drug-likeness (QED) is 0.170. The minimum absolute atomic E-state index is 0.608. The van der Waals surface area contributed by atoms with E-state index in [1.54, 1.807) is 0 Å². The van der Waals surface area contributed by atoms with E-state index in [0.717, 1.165) is 55.3 Å². The van der Waals surface area contributed by atoms with Crippen LogP contribution < -0.4 is 0 Å². The molecule has 0 fully saturated rings. The van der Waals surface area contributed by atoms with Crippen molar-refractivity contribution in [1.29, 1.82) is 5.26 Å². The third-order valence-corrected chi connectivity index (χ3v) is 11.4. The molecule has 0 spiro atoms. The van der Waals surface area contributed by atoms with E-state index in [1.807, 2.05) is 54.6 Å². The summed E-state index contributed by atoms with van der Waals surface area (Å²) in [4.78, 5) is 15.5. The number of fused-ring (bicyclic) bond motifs is 4. The van der Waals surface area contributed by atoms with Crippen LogP contribution in [0, 0.1) is 11.3 Å². The zero-order chi connectivity index (χ0) is 38.6. The Hall–Kier alpha value is -8.00. The molecule has 9 aromatic carbocycles. The summed E-state index contributed by atoms with van der Waals surface area (Å²) in [5.74, 6) is 1.84. The van der Waals surface area contributed by atoms with Gasteiger partial charge in [-0.1, -0.05) is 176 Å². The van der Waals surface area contributed by atoms with Crippen LogP contribution in [0.15, 0.2) is 194 Å². The Labute approximate surface area is 336 Å². The van der Waals surface area contributed by atoms with Crippen molar-refractivity contribution in [3.05, 3.63) is 200 Å². The molecule has 1 aromatic heterocycles. The molecule has 1 aliphatic rings. The highest BCUT2D eigenvalue weighted by molar-refractivity contribution is 6.18. The van der Waals surface area contributed by atoms with Crippen LogP contribution in [0.1, 0.15) is 5.56 Å². The third kappa shape index (κ3) is 5.57. The molecule has 0 saturated heterocycles. The zero-order valence-electron chi connectivity index (χ0n) is 31.3. The second-order valence-electron chi connectivity index (χ2n) is 14.7. The molecule has 4 heteroatoms. The van der Waals surface area contributed by atoms with Crippen molar-refractivity contribution in [3.63, 3.8) is 0 Å². The van der Waals surface area contributed by atoms with Crippen molar-refractivity contribution in [3.8, 4) is 95.9 Å². The Morgan fingerprint density at radius 1 is 0.310 bits per heavy atom. The maximum atomic E-state index is 9.29. The van der Waals surface area contributed by atoms with Crippen LogP contribution in [0.25, 0.3) is 111 Å². The number of benzene rings is 9. The van der Waals surface area contributed by atoms with E-state index < -0.39 is 0 Å². The first-order chi connectivity index (χ1) is 28.7. The van der Waals surface area contributed by atoms with Gasteiger partial charge >= 0.3 is 0 Å². The molecule has 58 heavy (non-hydrogen) atoms. The molecule has 0 unspecified atom stereocenters. The molecular weight excluding hydrogens is 705 g/mol. The fourth-order valence-electron chi connectivity index (χ4n) is 8.54. The van der Waals surface area contributed by atoms with Crippen LogP contribution in [0.5, 0.6) is 0 Å². The number of rotatable bonds is 6. The Bertz CT molecular complexity index is 3220. The lowest BCUT2D eigenvalue weighted by Gasteiger charge is -2.15. The van der Waals surface area contributed by atoms with Crippen LogP contribution in [0.4, 0.5) is 0 Å². The molecule has 0 aliphatic heterocycles. The van der Waals surface area contributed by atoms with Crippen molar-refractivity contribution in [1.82, 2.24) is 15.0 Å². The van der Waals surface area contributed by atoms with E-state index in [2.05, 4.69) is 146 Å². The average Bonchev–Trinajstić information content (AvgIpc) is 3.63. The van der Waals surface area contributed by atoms with Gasteiger partial charge < -0.3 is 0 Å². The monoisotopic (exact) mass is 736 g/mol. The van der Waals surface area contributed by atoms with Crippen molar-refractivity contribution < 1.29 is 0 Å². The molecule has 4 nitrogen and oxygen atoms in total. The van der Waals surface area contributed by atoms with Gasteiger partial charge in [0, 0.05) is 22.3 Å². The highest BCUT2D eigenvalue weighted by Gasteiger charge is 2.23. The van der Waals surface area contributed by atoms with Gasteiger partial charge in [-0.15, -0.1) is 0 Å². The predicted molar refractivity (Wildman–Crippen MR) is 237 cm³/mol. The summed E-state index contributed by atoms with van der Waals surface area (Å²) >= 11 is 0. The lowest BCUT2D eigenvalue weighted by Crippen LogP contribution is -2.01. The molecule has 0 N–H and O–H groups in total. The lowest BCUT2D eigenvalue weighted by molar-refractivity contribution is 1.07. The molecular formula is C54H32N4. The van der Waals surface area contributed by atoms with Gasteiger partial charge in [-0.05, 0) is 89.8 Å². The Kier molecular flexibility index (Phi) is 7.84. The summed E-state index contributed by atoms with van der Waals surface area (Å²) in [6, 6.07) is 69.9. The fourth-order valence-corrected chi connectivity index (χ4v) is 8.54. The number of hydrogen-bond donors (Lipinski definition) is 0. The second kappa shape index (κ2) is 13.6. The topological polar surface area (TPSA) is 62.5 Å². The number of aromatic nitrogens is 3. The first-order valence-electron chi connectivity index (χ1n) is 19.4. The molecule has 1 aliphatic carbocycles. The standard InChI is InChI=1S/C54H32N4/c55-33-34-17-19-35(20-18-34)36-21-25-39(26-22-36)50-43-12-5-4-9-37(43)29-30-49(50)54-57-52(40-10-2-1-3-11-40)56-53(58-54)41-27-23-38(24-28-41)42-31-32-48-45-14-7-6-13-44(45)47-16-8-15-46(42)51(47)48/h1-32H. The average molecular weight is 737 g/mol. The van der Waals surface area contributed by atoms with E-state index in [9.17, 15) is 5.26 Å². The fraction of sp³-hybridized carbons (Fsp3) is 0. The van der Waals surface area contributed by atoms with Gasteiger partial charge in [-0.2, -0.15) is 5.26 Å². The summed E-state index contributed by atoms with van der Waals surface area (Å²) in [5.41, 5.74) is 15.2. The lowest BCUT2D eigenvalue weighted by atomic mass is 9.91. The minimum Gasteiger partial charge on any atom is -0.208 e. The van der Waals surface area contributed by atoms with Gasteiger partial charge in [-0.25, -0.2) is 15.0 Å². The Balaban J connectivity index is 1.03. The van der Waals surface area contributed by atoms with Crippen molar-refractivity contribution in [2.75, 3.05) is 0 Å². The van der Waals surface area contributed by atoms with E-state index >= 15 is 0 Å². The number of nitrogens with zero attached hydrogens (tertiary/aromatic N) is 4. The summed E-state index contributed by atoms with van der Waals surface area (Å²) in [5, 5.41) is 14.1. The largest absolute Gasteiger partial charge is 0.208 e. The van der Waals surface area contributed by atoms with Gasteiger partial charge in [0.25, 0.3) is 0 Å². The van der Waals surface area contributed by atoms with E-state index in [-0.39, 0.29) is 0 Å². The van der Waals surface area contributed by atoms with Crippen LogP contribution in [0.3, 0.4) is 0 Å². The SMILES string of the molecule is N#Cc1ccc(-c2ccc(-c3c(-c4nc(-c5ccccc5)nc(-c5ccc(-c6ccc7c8c(cccc68)-c6ccccc6-7)cc5)n4)ccc4ccccc34)cc2)cc1. The van der Waals surface area contributed by atoms with Crippen molar-refractivity contribution in [2.24, 2.45) is 0 Å². The molecule has 1 heterocycles. The summed E-state index contributed by atoms with van der Waals surface area (Å²) in [7, 11) is 0. The molecule has 0 bridgehead atoms. The predicted octanol–water partition coefficient (Wildman–Crippen LogP) is 13.7. The number of hydrogen-bond acceptors (Lipinski definition) is 4. The molecule has 0 saturated carbocycles. The zero-order valence-corrected chi connectivity index (χ0v) is 31.3. The first kappa shape index (κ1) is 33.3. The Morgan fingerprint density at radius 3 is 1.53 bits per heavy atom. The summed E-state index contributed by atoms with van der Waals surface area (Å²) < 4.78 is 0. The van der Waals surface area contributed by atoms with Gasteiger partial charge in [0.1, 0.15) is 0 Å². The molecule has 0 radical (unpaired) electrons. The Morgan fingerprint density at radius 2 is 0.810 bits per heavy atom. The van der Waals surface area contributed by atoms with Crippen molar-refractivity contribution in [2.45, 2.75) is 0 Å². The molecule has 0 amide bonds. The molecule has 10 aromatic rings. The normalized spacial score (nSPS) is 11.4. The highest BCUT2D eigenvalue weighted by Crippen LogP contribution is 2.49. The first-order valence-corrected chi connectivity index (χ1v) is 19.4. The van der Waals surface area contributed by atoms with E-state index in [4.69, 9.17) is 15.0 Å². The van der Waals surface area contributed by atoms with Crippen LogP contribution >= 0.6 is 0 Å². The van der Waals surface area contributed by atoms with Gasteiger partial charge in [-0.3, -0.25) is 0 Å². The van der Waals surface area contributed by atoms with Crippen molar-refractivity contribution >= 4 is 21.5 Å². The maximum absolute atomic E-state index is 9.29. The maximum Gasteiger partial charge on any atom is 0.164 e. The molecule has 268 valence electrons. The smallest absolute Gasteiger partial charge is 0.164 e. The minimum atomic E-state index is 0.608. The summed E-state index contributed by atoms with van der Waals surface area (Å²) in [6.07, 6.45) is 0. The van der Waals surface area contributed by atoms with Crippen LogP contribution in [-0.2, 0) is 0 Å². The third-order valence-electron chi connectivity index (χ3n) is 11.4. The highest BCUT2D eigenvalue weighted by atomic mass is 15.0. The van der Waals surface area contributed by atoms with Crippen LogP contribution in [0.2, 0.25) is 0 Å². The summed E-state index contributed by atoms with van der Waals surface area (Å²) in [6.45, 7) is 0. The van der Waals surface area contributed by atoms with E-state index in [1.165, 1.54) is 38.6 Å². The van der Waals surface area contributed by atoms with Crippen LogP contribution in [-0.4, -0.2) is 15.0 Å². The molecule has 0 atom stereocenters. The van der Waals surface area contributed by atoms with Gasteiger partial charge in [0.2, 0.25) is 0 Å². The molecule has 11 rings (SSSR count).